The van der Waals surface area contributed by atoms with E-state index in [1.807, 2.05) is 29.1 Å². The summed E-state index contributed by atoms with van der Waals surface area (Å²) in [5, 5.41) is 10.6. The Morgan fingerprint density at radius 1 is 1.62 bits per heavy atom. The van der Waals surface area contributed by atoms with Crippen LogP contribution in [0.25, 0.3) is 10.7 Å². The lowest BCUT2D eigenvalue weighted by Gasteiger charge is -2.03. The molecule has 0 fully saturated rings. The fourth-order valence-corrected chi connectivity index (χ4v) is 2.30. The van der Waals surface area contributed by atoms with Crippen molar-refractivity contribution in [1.82, 2.24) is 9.55 Å². The molecule has 0 aromatic carbocycles. The molecule has 0 radical (unpaired) electrons. The van der Waals surface area contributed by atoms with Gasteiger partial charge in [0, 0.05) is 18.9 Å². The molecule has 0 atom stereocenters. The minimum Gasteiger partial charge on any atom is -0.481 e. The number of aryl methyl sites for hydroxylation is 1. The van der Waals surface area contributed by atoms with Crippen molar-refractivity contribution in [2.75, 3.05) is 0 Å². The quantitative estimate of drug-likeness (QED) is 0.885. The highest BCUT2D eigenvalue weighted by Gasteiger charge is 2.10. The van der Waals surface area contributed by atoms with Crippen LogP contribution in [0, 0.1) is 0 Å². The van der Waals surface area contributed by atoms with E-state index in [0.717, 1.165) is 16.4 Å². The maximum absolute atomic E-state index is 10.5. The zero-order valence-corrected chi connectivity index (χ0v) is 9.70. The lowest BCUT2D eigenvalue weighted by atomic mass is 10.2. The first-order valence-electron chi connectivity index (χ1n) is 4.94. The predicted octanol–water partition coefficient (Wildman–Crippen LogP) is 2.17. The van der Waals surface area contributed by atoms with E-state index in [9.17, 15) is 4.79 Å². The van der Waals surface area contributed by atoms with Gasteiger partial charge < -0.3 is 9.67 Å². The topological polar surface area (TPSA) is 55.1 Å². The smallest absolute Gasteiger partial charge is 0.303 e. The highest BCUT2D eigenvalue weighted by Crippen LogP contribution is 2.23. The second kappa shape index (κ2) is 4.49. The van der Waals surface area contributed by atoms with Gasteiger partial charge in [-0.25, -0.2) is 4.98 Å². The van der Waals surface area contributed by atoms with E-state index in [-0.39, 0.29) is 6.42 Å². The van der Waals surface area contributed by atoms with Gasteiger partial charge in [0.2, 0.25) is 0 Å². The normalized spacial score (nSPS) is 10.6. The number of nitrogens with zero attached hydrogens (tertiary/aromatic N) is 2. The maximum atomic E-state index is 10.5. The largest absolute Gasteiger partial charge is 0.481 e. The van der Waals surface area contributed by atoms with Crippen molar-refractivity contribution in [3.63, 3.8) is 0 Å². The molecule has 84 valence electrons. The summed E-state index contributed by atoms with van der Waals surface area (Å²) < 4.78 is 1.95. The van der Waals surface area contributed by atoms with Crippen LogP contribution < -0.4 is 0 Å². The third-order valence-electron chi connectivity index (χ3n) is 2.42. The Hall–Kier alpha value is -1.62. The monoisotopic (exact) mass is 236 g/mol. The van der Waals surface area contributed by atoms with Gasteiger partial charge in [0.25, 0.3) is 0 Å². The molecule has 1 N–H and O–H groups in total. The Balaban J connectivity index is 2.21. The van der Waals surface area contributed by atoms with Gasteiger partial charge >= 0.3 is 5.97 Å². The van der Waals surface area contributed by atoms with Crippen LogP contribution in [-0.2, 0) is 18.3 Å². The summed E-state index contributed by atoms with van der Waals surface area (Å²) in [6.07, 6.45) is 2.41. The van der Waals surface area contributed by atoms with Crippen LogP contribution in [0.1, 0.15) is 12.1 Å². The summed E-state index contributed by atoms with van der Waals surface area (Å²) in [5.41, 5.74) is 0.950. The average molecular weight is 236 g/mol. The van der Waals surface area contributed by atoms with Gasteiger partial charge in [0.05, 0.1) is 11.3 Å². The number of carboxylic acid groups (broad SMARTS) is 1. The molecule has 0 amide bonds. The minimum absolute atomic E-state index is 0.142. The van der Waals surface area contributed by atoms with Gasteiger partial charge in [0.1, 0.15) is 5.82 Å². The Morgan fingerprint density at radius 3 is 3.06 bits per heavy atom. The molecule has 2 aromatic rings. The second-order valence-corrected chi connectivity index (χ2v) is 4.45. The van der Waals surface area contributed by atoms with Crippen LogP contribution in [0.3, 0.4) is 0 Å². The summed E-state index contributed by atoms with van der Waals surface area (Å²) in [6, 6.07) is 3.99. The number of hydrogen-bond donors (Lipinski definition) is 1. The Morgan fingerprint density at radius 2 is 2.44 bits per heavy atom. The van der Waals surface area contributed by atoms with Crippen molar-refractivity contribution >= 4 is 17.3 Å². The Bertz CT molecular complexity index is 488. The van der Waals surface area contributed by atoms with Crippen molar-refractivity contribution in [3.8, 4) is 10.7 Å². The molecule has 0 aliphatic rings. The van der Waals surface area contributed by atoms with Crippen molar-refractivity contribution in [2.45, 2.75) is 12.8 Å². The molecule has 2 aromatic heterocycles. The fourth-order valence-electron chi connectivity index (χ4n) is 1.55. The lowest BCUT2D eigenvalue weighted by molar-refractivity contribution is -0.136. The molecule has 0 spiro atoms. The fraction of sp³-hybridized carbons (Fsp3) is 0.273. The number of aromatic nitrogens is 2. The number of hydrogen-bond acceptors (Lipinski definition) is 3. The van der Waals surface area contributed by atoms with Crippen molar-refractivity contribution in [1.29, 1.82) is 0 Å². The minimum atomic E-state index is -0.779. The first kappa shape index (κ1) is 10.9. The number of imidazole rings is 1. The van der Waals surface area contributed by atoms with Crippen molar-refractivity contribution < 1.29 is 9.90 Å². The molecular formula is C11H12N2O2S. The summed E-state index contributed by atoms with van der Waals surface area (Å²) >= 11 is 1.63. The molecule has 0 unspecified atom stereocenters. The Kier molecular flexibility index (Phi) is 3.05. The lowest BCUT2D eigenvalue weighted by Crippen LogP contribution is -2.02. The summed E-state index contributed by atoms with van der Waals surface area (Å²) in [4.78, 5) is 15.9. The van der Waals surface area contributed by atoms with E-state index in [0.29, 0.717) is 6.42 Å². The predicted molar refractivity (Wildman–Crippen MR) is 62.5 cm³/mol. The first-order chi connectivity index (χ1) is 7.68. The van der Waals surface area contributed by atoms with Crippen LogP contribution in [0.4, 0.5) is 0 Å². The molecule has 16 heavy (non-hydrogen) atoms. The molecule has 2 heterocycles. The molecule has 5 heteroatoms. The highest BCUT2D eigenvalue weighted by molar-refractivity contribution is 7.13. The molecule has 4 nitrogen and oxygen atoms in total. The van der Waals surface area contributed by atoms with Crippen LogP contribution in [-0.4, -0.2) is 20.6 Å². The third-order valence-corrected chi connectivity index (χ3v) is 3.29. The van der Waals surface area contributed by atoms with Crippen molar-refractivity contribution in [3.05, 3.63) is 29.4 Å². The zero-order chi connectivity index (χ0) is 11.5. The van der Waals surface area contributed by atoms with Gasteiger partial charge in [-0.05, 0) is 17.9 Å². The van der Waals surface area contributed by atoms with Crippen LogP contribution in [0.15, 0.2) is 23.7 Å². The number of carboxylic acids is 1. The Labute approximate surface area is 97.2 Å². The van der Waals surface area contributed by atoms with Gasteiger partial charge in [-0.2, -0.15) is 0 Å². The van der Waals surface area contributed by atoms with E-state index < -0.39 is 5.97 Å². The summed E-state index contributed by atoms with van der Waals surface area (Å²) in [6.45, 7) is 0. The SMILES string of the molecule is Cn1c(CCC(=O)O)cnc1-c1cccs1. The summed E-state index contributed by atoms with van der Waals surface area (Å²) in [7, 11) is 1.92. The standard InChI is InChI=1S/C11H12N2O2S/c1-13-8(4-5-10(14)15)7-12-11(13)9-3-2-6-16-9/h2-3,6-7H,4-5H2,1H3,(H,14,15). The van der Waals surface area contributed by atoms with Crippen LogP contribution in [0.2, 0.25) is 0 Å². The van der Waals surface area contributed by atoms with E-state index in [1.165, 1.54) is 0 Å². The summed E-state index contributed by atoms with van der Waals surface area (Å²) in [5.74, 6) is 0.120. The van der Waals surface area contributed by atoms with E-state index in [4.69, 9.17) is 5.11 Å². The van der Waals surface area contributed by atoms with Gasteiger partial charge in [0.15, 0.2) is 0 Å². The van der Waals surface area contributed by atoms with E-state index in [1.54, 1.807) is 17.5 Å². The number of thiophene rings is 1. The van der Waals surface area contributed by atoms with Gasteiger partial charge in [-0.1, -0.05) is 6.07 Å². The van der Waals surface area contributed by atoms with E-state index >= 15 is 0 Å². The zero-order valence-electron chi connectivity index (χ0n) is 8.88. The number of carbonyl (C=O) groups is 1. The van der Waals surface area contributed by atoms with Gasteiger partial charge in [-0.3, -0.25) is 4.79 Å². The van der Waals surface area contributed by atoms with E-state index in [2.05, 4.69) is 4.98 Å². The third kappa shape index (κ3) is 2.14. The van der Waals surface area contributed by atoms with Crippen LogP contribution in [0.5, 0.6) is 0 Å². The molecule has 0 bridgehead atoms. The highest BCUT2D eigenvalue weighted by atomic mass is 32.1. The molecule has 0 aliphatic carbocycles. The van der Waals surface area contributed by atoms with Crippen LogP contribution >= 0.6 is 11.3 Å². The first-order valence-corrected chi connectivity index (χ1v) is 5.82. The van der Waals surface area contributed by atoms with Gasteiger partial charge in [-0.15, -0.1) is 11.3 Å². The average Bonchev–Trinajstić information content (AvgIpc) is 2.84. The second-order valence-electron chi connectivity index (χ2n) is 3.50. The van der Waals surface area contributed by atoms with Crippen molar-refractivity contribution in [2.24, 2.45) is 7.05 Å². The maximum Gasteiger partial charge on any atom is 0.303 e. The molecule has 0 aliphatic heterocycles. The molecular weight excluding hydrogens is 224 g/mol. The molecule has 0 saturated carbocycles. The number of rotatable bonds is 4. The number of aliphatic carboxylic acids is 1. The molecule has 2 rings (SSSR count). The molecule has 0 saturated heterocycles.